The van der Waals surface area contributed by atoms with E-state index in [2.05, 4.69) is 20.3 Å². The van der Waals surface area contributed by atoms with E-state index < -0.39 is 0 Å². The Morgan fingerprint density at radius 3 is 2.54 bits per heavy atom. The van der Waals surface area contributed by atoms with Gasteiger partial charge < -0.3 is 16.2 Å². The third-order valence-electron chi connectivity index (χ3n) is 3.73. The maximum Gasteiger partial charge on any atom is 0.223 e. The van der Waals surface area contributed by atoms with Gasteiger partial charge in [-0.1, -0.05) is 12.1 Å². The number of benzene rings is 1. The highest BCUT2D eigenvalue weighted by molar-refractivity contribution is 5.99. The molecule has 2 aromatic heterocycles. The molecule has 24 heavy (non-hydrogen) atoms. The highest BCUT2D eigenvalue weighted by atomic mass is 16.3. The first kappa shape index (κ1) is 16.0. The standard InChI is InChI=1S/C18H21N5O/c1-10-11(6-5-7-14(10)24)12-8-20-16(19)13-9-21-17(22-15(12)13)23-18(2,3)4/h5-9,24H,1-4H3,(H2,19,20)(H,21,22,23). The molecule has 0 saturated heterocycles. The van der Waals surface area contributed by atoms with Crippen molar-refractivity contribution < 1.29 is 5.11 Å². The van der Waals surface area contributed by atoms with Gasteiger partial charge in [0.05, 0.1) is 10.9 Å². The Balaban J connectivity index is 2.26. The number of fused-ring (bicyclic) bond motifs is 1. The number of phenolic OH excluding ortho intramolecular Hbond substituents is 1. The molecule has 0 saturated carbocycles. The van der Waals surface area contributed by atoms with Crippen LogP contribution in [0, 0.1) is 6.92 Å². The van der Waals surface area contributed by atoms with Crippen molar-refractivity contribution in [1.29, 1.82) is 0 Å². The Morgan fingerprint density at radius 1 is 1.08 bits per heavy atom. The van der Waals surface area contributed by atoms with Gasteiger partial charge in [-0.3, -0.25) is 0 Å². The number of aromatic nitrogens is 3. The molecule has 2 heterocycles. The monoisotopic (exact) mass is 323 g/mol. The highest BCUT2D eigenvalue weighted by Gasteiger charge is 2.16. The van der Waals surface area contributed by atoms with Crippen LogP contribution in [0.2, 0.25) is 0 Å². The number of nitrogens with two attached hydrogens (primary N) is 1. The lowest BCUT2D eigenvalue weighted by Gasteiger charge is -2.21. The quantitative estimate of drug-likeness (QED) is 0.668. The predicted octanol–water partition coefficient (Wildman–Crippen LogP) is 3.50. The van der Waals surface area contributed by atoms with Crippen molar-refractivity contribution in [3.05, 3.63) is 36.2 Å². The molecule has 3 rings (SSSR count). The zero-order chi connectivity index (χ0) is 17.5. The van der Waals surface area contributed by atoms with Crippen molar-refractivity contribution in [1.82, 2.24) is 15.0 Å². The van der Waals surface area contributed by atoms with Crippen LogP contribution in [0.5, 0.6) is 5.75 Å². The summed E-state index contributed by atoms with van der Waals surface area (Å²) in [5, 5.41) is 14.0. The van der Waals surface area contributed by atoms with E-state index in [4.69, 9.17) is 5.73 Å². The minimum atomic E-state index is -0.159. The van der Waals surface area contributed by atoms with Crippen molar-refractivity contribution in [2.45, 2.75) is 33.2 Å². The fraction of sp³-hybridized carbons (Fsp3) is 0.278. The number of phenols is 1. The van der Waals surface area contributed by atoms with Crippen molar-refractivity contribution in [2.24, 2.45) is 0 Å². The second kappa shape index (κ2) is 5.63. The van der Waals surface area contributed by atoms with Gasteiger partial charge in [-0.25, -0.2) is 15.0 Å². The molecule has 0 unspecified atom stereocenters. The van der Waals surface area contributed by atoms with Crippen LogP contribution in [-0.4, -0.2) is 25.6 Å². The number of pyridine rings is 1. The maximum atomic E-state index is 10.0. The number of nitrogen functional groups attached to an aromatic ring is 1. The molecule has 0 aliphatic rings. The van der Waals surface area contributed by atoms with E-state index in [1.165, 1.54) is 0 Å². The first-order valence-corrected chi connectivity index (χ1v) is 7.74. The van der Waals surface area contributed by atoms with Gasteiger partial charge in [0, 0.05) is 23.5 Å². The molecule has 1 aromatic carbocycles. The first-order chi connectivity index (χ1) is 11.3. The Bertz CT molecular complexity index is 915. The van der Waals surface area contributed by atoms with Crippen LogP contribution in [-0.2, 0) is 0 Å². The van der Waals surface area contributed by atoms with Gasteiger partial charge >= 0.3 is 0 Å². The lowest BCUT2D eigenvalue weighted by atomic mass is 9.99. The molecular weight excluding hydrogens is 302 g/mol. The topological polar surface area (TPSA) is 97.0 Å². The number of anilines is 2. The van der Waals surface area contributed by atoms with Crippen molar-refractivity contribution in [3.8, 4) is 16.9 Å². The summed E-state index contributed by atoms with van der Waals surface area (Å²) in [6.45, 7) is 7.99. The van der Waals surface area contributed by atoms with E-state index in [9.17, 15) is 5.11 Å². The number of nitrogens with zero attached hydrogens (tertiary/aromatic N) is 3. The molecule has 0 aliphatic carbocycles. The predicted molar refractivity (Wildman–Crippen MR) is 97.0 cm³/mol. The lowest BCUT2D eigenvalue weighted by Crippen LogP contribution is -2.27. The van der Waals surface area contributed by atoms with Gasteiger partial charge in [-0.15, -0.1) is 0 Å². The fourth-order valence-electron chi connectivity index (χ4n) is 2.55. The molecule has 0 amide bonds. The van der Waals surface area contributed by atoms with E-state index in [1.54, 1.807) is 24.5 Å². The summed E-state index contributed by atoms with van der Waals surface area (Å²) in [6.07, 6.45) is 3.37. The van der Waals surface area contributed by atoms with Gasteiger partial charge in [-0.05, 0) is 44.9 Å². The molecule has 0 radical (unpaired) electrons. The van der Waals surface area contributed by atoms with E-state index >= 15 is 0 Å². The lowest BCUT2D eigenvalue weighted by molar-refractivity contribution is 0.471. The average molecular weight is 323 g/mol. The van der Waals surface area contributed by atoms with Crippen LogP contribution in [0.25, 0.3) is 22.0 Å². The fourth-order valence-corrected chi connectivity index (χ4v) is 2.55. The van der Waals surface area contributed by atoms with Gasteiger partial charge in [0.1, 0.15) is 11.6 Å². The summed E-state index contributed by atoms with van der Waals surface area (Å²) in [4.78, 5) is 13.2. The smallest absolute Gasteiger partial charge is 0.223 e. The van der Waals surface area contributed by atoms with Gasteiger partial charge in [-0.2, -0.15) is 0 Å². The minimum absolute atomic E-state index is 0.159. The Hall–Kier alpha value is -2.89. The van der Waals surface area contributed by atoms with Crippen molar-refractivity contribution in [3.63, 3.8) is 0 Å². The SMILES string of the molecule is Cc1c(O)cccc1-c1cnc(N)c2cnc(NC(C)(C)C)nc12. The summed E-state index contributed by atoms with van der Waals surface area (Å²) in [5.41, 5.74) is 8.99. The number of rotatable bonds is 2. The van der Waals surface area contributed by atoms with E-state index in [1.807, 2.05) is 33.8 Å². The summed E-state index contributed by atoms with van der Waals surface area (Å²) in [7, 11) is 0. The maximum absolute atomic E-state index is 10.0. The van der Waals surface area contributed by atoms with Crippen LogP contribution in [0.3, 0.4) is 0 Å². The minimum Gasteiger partial charge on any atom is -0.508 e. The molecule has 0 aliphatic heterocycles. The third-order valence-corrected chi connectivity index (χ3v) is 3.73. The van der Waals surface area contributed by atoms with Crippen LogP contribution in [0.4, 0.5) is 11.8 Å². The summed E-state index contributed by atoms with van der Waals surface area (Å²) in [5.74, 6) is 1.15. The average Bonchev–Trinajstić information content (AvgIpc) is 2.49. The van der Waals surface area contributed by atoms with Crippen LogP contribution in [0.1, 0.15) is 26.3 Å². The molecule has 6 heteroatoms. The Labute approximate surface area is 140 Å². The molecule has 6 nitrogen and oxygen atoms in total. The summed E-state index contributed by atoms with van der Waals surface area (Å²) in [6, 6.07) is 5.39. The number of nitrogens with one attached hydrogen (secondary N) is 1. The zero-order valence-electron chi connectivity index (χ0n) is 14.3. The molecule has 0 fully saturated rings. The normalized spacial score (nSPS) is 11.7. The van der Waals surface area contributed by atoms with E-state index in [-0.39, 0.29) is 11.3 Å². The Kier molecular flexibility index (Phi) is 3.75. The molecule has 0 bridgehead atoms. The summed E-state index contributed by atoms with van der Waals surface area (Å²) < 4.78 is 0. The Morgan fingerprint density at radius 2 is 1.83 bits per heavy atom. The summed E-state index contributed by atoms with van der Waals surface area (Å²) >= 11 is 0. The van der Waals surface area contributed by atoms with Gasteiger partial charge in [0.25, 0.3) is 0 Å². The molecule has 124 valence electrons. The van der Waals surface area contributed by atoms with Crippen molar-refractivity contribution in [2.75, 3.05) is 11.1 Å². The number of hydrogen-bond donors (Lipinski definition) is 3. The van der Waals surface area contributed by atoms with Crippen LogP contribution >= 0.6 is 0 Å². The second-order valence-electron chi connectivity index (χ2n) is 6.84. The number of hydrogen-bond acceptors (Lipinski definition) is 6. The van der Waals surface area contributed by atoms with Gasteiger partial charge in [0.15, 0.2) is 0 Å². The van der Waals surface area contributed by atoms with Gasteiger partial charge in [0.2, 0.25) is 5.95 Å². The highest BCUT2D eigenvalue weighted by Crippen LogP contribution is 2.34. The zero-order valence-corrected chi connectivity index (χ0v) is 14.3. The first-order valence-electron chi connectivity index (χ1n) is 7.74. The van der Waals surface area contributed by atoms with E-state index in [0.29, 0.717) is 22.7 Å². The molecule has 0 atom stereocenters. The van der Waals surface area contributed by atoms with Crippen LogP contribution < -0.4 is 11.1 Å². The second-order valence-corrected chi connectivity index (χ2v) is 6.84. The third kappa shape index (κ3) is 2.95. The van der Waals surface area contributed by atoms with Crippen LogP contribution in [0.15, 0.2) is 30.6 Å². The molecular formula is C18H21N5O. The largest absolute Gasteiger partial charge is 0.508 e. The van der Waals surface area contributed by atoms with Crippen molar-refractivity contribution >= 4 is 22.7 Å². The molecule has 0 spiro atoms. The van der Waals surface area contributed by atoms with E-state index in [0.717, 1.165) is 16.7 Å². The molecule has 3 aromatic rings. The number of aromatic hydroxyl groups is 1. The molecule has 4 N–H and O–H groups in total.